The minimum Gasteiger partial charge on any atom is -0.495 e. The van der Waals surface area contributed by atoms with Crippen molar-refractivity contribution >= 4 is 49.2 Å². The van der Waals surface area contributed by atoms with Crippen LogP contribution < -0.4 is 15.2 Å². The lowest BCUT2D eigenvalue weighted by Gasteiger charge is -2.12. The SMILES string of the molecule is COc1cc(Br)c(N)cc1S(=O)(=O)Nc1nccc(Cl)n1. The molecule has 112 valence electrons. The van der Waals surface area contributed by atoms with Crippen LogP contribution >= 0.6 is 27.5 Å². The van der Waals surface area contributed by atoms with E-state index in [4.69, 9.17) is 22.1 Å². The molecule has 0 saturated carbocycles. The fourth-order valence-electron chi connectivity index (χ4n) is 1.48. The van der Waals surface area contributed by atoms with Gasteiger partial charge in [0.15, 0.2) is 0 Å². The van der Waals surface area contributed by atoms with Crippen molar-refractivity contribution in [2.24, 2.45) is 0 Å². The zero-order chi connectivity index (χ0) is 15.6. The first-order valence-electron chi connectivity index (χ1n) is 5.48. The quantitative estimate of drug-likeness (QED) is 0.609. The Bertz CT molecular complexity index is 785. The van der Waals surface area contributed by atoms with E-state index < -0.39 is 10.0 Å². The second kappa shape index (κ2) is 6.04. The zero-order valence-corrected chi connectivity index (χ0v) is 13.8. The predicted molar refractivity (Wildman–Crippen MR) is 83.0 cm³/mol. The van der Waals surface area contributed by atoms with Crippen LogP contribution in [0.15, 0.2) is 33.8 Å². The summed E-state index contributed by atoms with van der Waals surface area (Å²) >= 11 is 8.89. The van der Waals surface area contributed by atoms with Gasteiger partial charge in [-0.3, -0.25) is 0 Å². The van der Waals surface area contributed by atoms with Gasteiger partial charge in [0.1, 0.15) is 15.8 Å². The van der Waals surface area contributed by atoms with Crippen molar-refractivity contribution in [3.8, 4) is 5.75 Å². The molecule has 0 saturated heterocycles. The highest BCUT2D eigenvalue weighted by atomic mass is 79.9. The van der Waals surface area contributed by atoms with Crippen molar-refractivity contribution in [1.82, 2.24) is 9.97 Å². The van der Waals surface area contributed by atoms with Gasteiger partial charge in [-0.15, -0.1) is 0 Å². The fourth-order valence-corrected chi connectivity index (χ4v) is 3.08. The number of hydrogen-bond donors (Lipinski definition) is 2. The third-order valence-electron chi connectivity index (χ3n) is 2.42. The summed E-state index contributed by atoms with van der Waals surface area (Å²) in [6.07, 6.45) is 1.33. The van der Waals surface area contributed by atoms with Crippen LogP contribution in [0.5, 0.6) is 5.75 Å². The minimum atomic E-state index is -3.97. The van der Waals surface area contributed by atoms with E-state index in [0.717, 1.165) is 0 Å². The second-order valence-corrected chi connectivity index (χ2v) is 6.73. The molecule has 1 heterocycles. The Morgan fingerprint density at radius 2 is 2.14 bits per heavy atom. The number of nitrogens with one attached hydrogen (secondary N) is 1. The standard InChI is InChI=1S/C11H10BrClN4O3S/c1-20-8-4-6(12)7(14)5-9(8)21(18,19)17-11-15-3-2-10(13)16-11/h2-5H,14H2,1H3,(H,15,16,17). The van der Waals surface area contributed by atoms with E-state index in [2.05, 4.69) is 30.6 Å². The summed E-state index contributed by atoms with van der Waals surface area (Å²) in [5.41, 5.74) is 5.96. The molecule has 0 spiro atoms. The average Bonchev–Trinajstić information content (AvgIpc) is 2.40. The molecule has 0 aliphatic rings. The fraction of sp³-hybridized carbons (Fsp3) is 0.0909. The Morgan fingerprint density at radius 3 is 2.76 bits per heavy atom. The summed E-state index contributed by atoms with van der Waals surface area (Å²) in [6.45, 7) is 0. The van der Waals surface area contributed by atoms with Gasteiger partial charge in [-0.2, -0.15) is 0 Å². The van der Waals surface area contributed by atoms with Crippen molar-refractivity contribution < 1.29 is 13.2 Å². The first kappa shape index (κ1) is 15.8. The summed E-state index contributed by atoms with van der Waals surface area (Å²) < 4.78 is 32.5. The molecule has 2 aromatic rings. The van der Waals surface area contributed by atoms with Gasteiger partial charge >= 0.3 is 0 Å². The molecule has 0 amide bonds. The van der Waals surface area contributed by atoms with Crippen molar-refractivity contribution in [1.29, 1.82) is 0 Å². The molecule has 0 aliphatic heterocycles. The molecule has 0 aliphatic carbocycles. The molecule has 0 bridgehead atoms. The van der Waals surface area contributed by atoms with Crippen molar-refractivity contribution in [2.75, 3.05) is 17.6 Å². The van der Waals surface area contributed by atoms with Crippen LogP contribution in [0.4, 0.5) is 11.6 Å². The Balaban J connectivity index is 2.47. The number of nitrogen functional groups attached to an aromatic ring is 1. The molecule has 1 aromatic carbocycles. The Hall–Kier alpha value is -1.58. The van der Waals surface area contributed by atoms with E-state index in [0.29, 0.717) is 4.47 Å². The Morgan fingerprint density at radius 1 is 1.43 bits per heavy atom. The van der Waals surface area contributed by atoms with Crippen molar-refractivity contribution in [2.45, 2.75) is 4.90 Å². The van der Waals surface area contributed by atoms with Gasteiger partial charge < -0.3 is 10.5 Å². The molecule has 1 aromatic heterocycles. The summed E-state index contributed by atoms with van der Waals surface area (Å²) in [5.74, 6) is -0.0170. The maximum absolute atomic E-state index is 12.4. The van der Waals surface area contributed by atoms with Crippen molar-refractivity contribution in [3.63, 3.8) is 0 Å². The van der Waals surface area contributed by atoms with Gasteiger partial charge in [0.05, 0.1) is 7.11 Å². The first-order chi connectivity index (χ1) is 9.83. The van der Waals surface area contributed by atoms with Crippen LogP contribution in [0.25, 0.3) is 0 Å². The topological polar surface area (TPSA) is 107 Å². The summed E-state index contributed by atoms with van der Waals surface area (Å²) in [6, 6.07) is 4.16. The van der Waals surface area contributed by atoms with Crippen LogP contribution in [0, 0.1) is 0 Å². The van der Waals surface area contributed by atoms with Crippen molar-refractivity contribution in [3.05, 3.63) is 34.0 Å². The zero-order valence-electron chi connectivity index (χ0n) is 10.7. The highest BCUT2D eigenvalue weighted by Crippen LogP contribution is 2.32. The molecule has 21 heavy (non-hydrogen) atoms. The van der Waals surface area contributed by atoms with E-state index in [1.165, 1.54) is 31.5 Å². The Kier molecular flexibility index (Phi) is 4.55. The van der Waals surface area contributed by atoms with Gasteiger partial charge in [-0.1, -0.05) is 11.6 Å². The largest absolute Gasteiger partial charge is 0.495 e. The smallest absolute Gasteiger partial charge is 0.267 e. The molecule has 0 radical (unpaired) electrons. The van der Waals surface area contributed by atoms with E-state index in [9.17, 15) is 8.42 Å². The molecule has 0 atom stereocenters. The number of hydrogen-bond acceptors (Lipinski definition) is 6. The molecular formula is C11H10BrClN4O3S. The van der Waals surface area contributed by atoms with E-state index in [-0.39, 0.29) is 27.4 Å². The lowest BCUT2D eigenvalue weighted by atomic mass is 10.3. The Labute approximate surface area is 134 Å². The first-order valence-corrected chi connectivity index (χ1v) is 8.13. The third-order valence-corrected chi connectivity index (χ3v) is 4.67. The minimum absolute atomic E-state index is 0.116. The van der Waals surface area contributed by atoms with E-state index >= 15 is 0 Å². The lowest BCUT2D eigenvalue weighted by molar-refractivity contribution is 0.402. The normalized spacial score (nSPS) is 11.2. The predicted octanol–water partition coefficient (Wildman–Crippen LogP) is 2.28. The number of aromatic nitrogens is 2. The molecule has 7 nitrogen and oxygen atoms in total. The maximum atomic E-state index is 12.4. The molecule has 2 rings (SSSR count). The number of ether oxygens (including phenoxy) is 1. The molecular weight excluding hydrogens is 384 g/mol. The van der Waals surface area contributed by atoms with Gasteiger partial charge in [0, 0.05) is 16.4 Å². The van der Waals surface area contributed by atoms with Gasteiger partial charge in [-0.25, -0.2) is 23.1 Å². The number of sulfonamides is 1. The highest BCUT2D eigenvalue weighted by Gasteiger charge is 2.22. The van der Waals surface area contributed by atoms with Gasteiger partial charge in [-0.05, 0) is 34.1 Å². The third kappa shape index (κ3) is 3.55. The molecule has 10 heteroatoms. The molecule has 0 unspecified atom stereocenters. The van der Waals surface area contributed by atoms with E-state index in [1.54, 1.807) is 0 Å². The second-order valence-electron chi connectivity index (χ2n) is 3.83. The van der Waals surface area contributed by atoms with Crippen LogP contribution in [0.2, 0.25) is 5.15 Å². The number of methoxy groups -OCH3 is 1. The van der Waals surface area contributed by atoms with Gasteiger partial charge in [0.2, 0.25) is 5.95 Å². The summed E-state index contributed by atoms with van der Waals surface area (Å²) in [5, 5.41) is 0.116. The highest BCUT2D eigenvalue weighted by molar-refractivity contribution is 9.10. The average molecular weight is 394 g/mol. The summed E-state index contributed by atoms with van der Waals surface area (Å²) in [4.78, 5) is 7.41. The maximum Gasteiger partial charge on any atom is 0.267 e. The molecule has 3 N–H and O–H groups in total. The summed E-state index contributed by atoms with van der Waals surface area (Å²) in [7, 11) is -2.62. The van der Waals surface area contributed by atoms with Gasteiger partial charge in [0.25, 0.3) is 10.0 Å². The number of nitrogens with zero attached hydrogens (tertiary/aromatic N) is 2. The van der Waals surface area contributed by atoms with Crippen LogP contribution in [-0.2, 0) is 10.0 Å². The van der Waals surface area contributed by atoms with Crippen LogP contribution in [0.1, 0.15) is 0 Å². The lowest BCUT2D eigenvalue weighted by Crippen LogP contribution is -2.16. The monoisotopic (exact) mass is 392 g/mol. The van der Waals surface area contributed by atoms with Crippen LogP contribution in [-0.4, -0.2) is 25.5 Å². The number of anilines is 2. The number of nitrogens with two attached hydrogens (primary N) is 1. The van der Waals surface area contributed by atoms with Crippen LogP contribution in [0.3, 0.4) is 0 Å². The van der Waals surface area contributed by atoms with E-state index in [1.807, 2.05) is 0 Å². The number of halogens is 2. The number of rotatable bonds is 4. The molecule has 0 fully saturated rings. The number of benzene rings is 1.